The standard InChI is InChI=1S/C17H20N2O5S2/c1-23-11-5-6-12(14(7-11)24-2)19-13-8-26(21,22)9-15(13)25-17(19)18-16(20)10-3-4-10/h5-7,10,13,15H,3-4,8-9H2,1-2H3/t13-,15+/m1/s1. The maximum absolute atomic E-state index is 12.2. The van der Waals surface area contributed by atoms with E-state index in [0.717, 1.165) is 12.8 Å². The Labute approximate surface area is 156 Å². The largest absolute Gasteiger partial charge is 0.497 e. The number of fused-ring (bicyclic) bond motifs is 1. The number of thioether (sulfide) groups is 1. The van der Waals surface area contributed by atoms with Gasteiger partial charge in [-0.2, -0.15) is 4.99 Å². The third-order valence-electron chi connectivity index (χ3n) is 4.85. The van der Waals surface area contributed by atoms with Gasteiger partial charge in [0.1, 0.15) is 11.5 Å². The van der Waals surface area contributed by atoms with Crippen LogP contribution in [0.3, 0.4) is 0 Å². The van der Waals surface area contributed by atoms with Crippen LogP contribution in [0.4, 0.5) is 5.69 Å². The minimum absolute atomic E-state index is 0.0203. The Kier molecular flexibility index (Phi) is 4.38. The fourth-order valence-corrected chi connectivity index (χ4v) is 7.26. The maximum Gasteiger partial charge on any atom is 0.251 e. The second kappa shape index (κ2) is 6.45. The van der Waals surface area contributed by atoms with Gasteiger partial charge in [0.2, 0.25) is 0 Å². The second-order valence-electron chi connectivity index (χ2n) is 6.72. The molecule has 9 heteroatoms. The van der Waals surface area contributed by atoms with Crippen molar-refractivity contribution in [2.75, 3.05) is 30.6 Å². The molecule has 2 atom stereocenters. The summed E-state index contributed by atoms with van der Waals surface area (Å²) in [7, 11) is 0.0198. The van der Waals surface area contributed by atoms with Crippen LogP contribution in [0.15, 0.2) is 23.2 Å². The highest BCUT2D eigenvalue weighted by atomic mass is 32.2. The molecule has 0 unspecified atom stereocenters. The fourth-order valence-electron chi connectivity index (χ4n) is 3.35. The molecule has 2 aliphatic heterocycles. The first-order valence-electron chi connectivity index (χ1n) is 8.43. The minimum atomic E-state index is -3.10. The van der Waals surface area contributed by atoms with Gasteiger partial charge in [-0.15, -0.1) is 0 Å². The van der Waals surface area contributed by atoms with Gasteiger partial charge in [-0.1, -0.05) is 11.8 Å². The van der Waals surface area contributed by atoms with Crippen LogP contribution in [0.2, 0.25) is 0 Å². The Bertz CT molecular complexity index is 879. The highest BCUT2D eigenvalue weighted by molar-refractivity contribution is 8.16. The van der Waals surface area contributed by atoms with Gasteiger partial charge >= 0.3 is 0 Å². The molecule has 1 aliphatic carbocycles. The number of sulfone groups is 1. The molecular weight excluding hydrogens is 376 g/mol. The number of methoxy groups -OCH3 is 2. The first-order chi connectivity index (χ1) is 12.4. The van der Waals surface area contributed by atoms with Gasteiger partial charge in [-0.25, -0.2) is 8.42 Å². The average Bonchev–Trinajstić information content (AvgIpc) is 3.35. The summed E-state index contributed by atoms with van der Waals surface area (Å²) in [5.74, 6) is 1.26. The number of amidine groups is 1. The molecule has 4 rings (SSSR count). The molecule has 7 nitrogen and oxygen atoms in total. The number of carbonyl (C=O) groups excluding carboxylic acids is 1. The lowest BCUT2D eigenvalue weighted by Gasteiger charge is -2.26. The third-order valence-corrected chi connectivity index (χ3v) is 8.06. The number of hydrogen-bond acceptors (Lipinski definition) is 6. The van der Waals surface area contributed by atoms with E-state index in [1.807, 2.05) is 11.0 Å². The van der Waals surface area contributed by atoms with Crippen LogP contribution in [0, 0.1) is 5.92 Å². The Balaban J connectivity index is 1.76. The summed E-state index contributed by atoms with van der Waals surface area (Å²) in [5, 5.41) is 0.438. The molecule has 0 aromatic heterocycles. The molecule has 140 valence electrons. The van der Waals surface area contributed by atoms with Crippen molar-refractivity contribution in [3.05, 3.63) is 18.2 Å². The monoisotopic (exact) mass is 396 g/mol. The molecule has 1 saturated carbocycles. The summed E-state index contributed by atoms with van der Waals surface area (Å²) >= 11 is 1.38. The van der Waals surface area contributed by atoms with E-state index in [-0.39, 0.29) is 34.6 Å². The number of aliphatic imine (C=N–C) groups is 1. The normalized spacial score (nSPS) is 28.2. The number of amides is 1. The molecule has 1 amide bonds. The van der Waals surface area contributed by atoms with Crippen LogP contribution in [0.5, 0.6) is 11.5 Å². The van der Waals surface area contributed by atoms with Gasteiger partial charge in [0.25, 0.3) is 5.91 Å². The molecule has 2 heterocycles. The Morgan fingerprint density at radius 1 is 1.23 bits per heavy atom. The van der Waals surface area contributed by atoms with Gasteiger partial charge in [0.05, 0.1) is 37.5 Å². The first kappa shape index (κ1) is 17.7. The average molecular weight is 396 g/mol. The quantitative estimate of drug-likeness (QED) is 0.766. The van der Waals surface area contributed by atoms with Crippen LogP contribution >= 0.6 is 11.8 Å². The second-order valence-corrected chi connectivity index (χ2v) is 10.1. The van der Waals surface area contributed by atoms with E-state index >= 15 is 0 Å². The smallest absolute Gasteiger partial charge is 0.251 e. The lowest BCUT2D eigenvalue weighted by atomic mass is 10.2. The topological polar surface area (TPSA) is 85.3 Å². The Morgan fingerprint density at radius 2 is 2.00 bits per heavy atom. The predicted molar refractivity (Wildman–Crippen MR) is 101 cm³/mol. The number of rotatable bonds is 4. The zero-order valence-corrected chi connectivity index (χ0v) is 16.2. The van der Waals surface area contributed by atoms with Crippen molar-refractivity contribution in [1.82, 2.24) is 0 Å². The lowest BCUT2D eigenvalue weighted by Crippen LogP contribution is -2.38. The highest BCUT2D eigenvalue weighted by Crippen LogP contribution is 2.45. The molecule has 2 saturated heterocycles. The van der Waals surface area contributed by atoms with Crippen molar-refractivity contribution in [1.29, 1.82) is 0 Å². The van der Waals surface area contributed by atoms with Crippen LogP contribution in [0.25, 0.3) is 0 Å². The van der Waals surface area contributed by atoms with Gasteiger partial charge in [-0.05, 0) is 25.0 Å². The highest BCUT2D eigenvalue weighted by Gasteiger charge is 2.50. The van der Waals surface area contributed by atoms with Crippen LogP contribution in [-0.4, -0.2) is 56.5 Å². The number of hydrogen-bond donors (Lipinski definition) is 0. The summed E-state index contributed by atoms with van der Waals surface area (Å²) in [6.45, 7) is 0. The molecule has 26 heavy (non-hydrogen) atoms. The van der Waals surface area contributed by atoms with Crippen molar-refractivity contribution in [3.63, 3.8) is 0 Å². The summed E-state index contributed by atoms with van der Waals surface area (Å²) in [6.07, 6.45) is 1.76. The molecule has 0 spiro atoms. The van der Waals surface area contributed by atoms with Crippen LogP contribution < -0.4 is 14.4 Å². The molecule has 0 radical (unpaired) electrons. The zero-order valence-electron chi connectivity index (χ0n) is 14.5. The van der Waals surface area contributed by atoms with Gasteiger partial charge in [0.15, 0.2) is 15.0 Å². The van der Waals surface area contributed by atoms with E-state index in [4.69, 9.17) is 9.47 Å². The summed E-state index contributed by atoms with van der Waals surface area (Å²) in [5.41, 5.74) is 0.702. The molecule has 0 N–H and O–H groups in total. The van der Waals surface area contributed by atoms with E-state index in [2.05, 4.69) is 4.99 Å². The van der Waals surface area contributed by atoms with E-state index in [1.165, 1.54) is 11.8 Å². The number of ether oxygens (including phenoxy) is 2. The van der Waals surface area contributed by atoms with Crippen molar-refractivity contribution < 1.29 is 22.7 Å². The van der Waals surface area contributed by atoms with E-state index in [9.17, 15) is 13.2 Å². The number of anilines is 1. The SMILES string of the molecule is COc1ccc(N2C(=NC(=O)C3CC3)S[C@H]3CS(=O)(=O)C[C@H]32)c(OC)c1. The van der Waals surface area contributed by atoms with Crippen molar-refractivity contribution >= 4 is 38.4 Å². The molecule has 1 aromatic rings. The summed E-state index contributed by atoms with van der Waals surface area (Å²) in [6, 6.07) is 5.11. The number of carbonyl (C=O) groups is 1. The summed E-state index contributed by atoms with van der Waals surface area (Å²) < 4.78 is 35.0. The zero-order chi connectivity index (χ0) is 18.5. The van der Waals surface area contributed by atoms with Crippen molar-refractivity contribution in [3.8, 4) is 11.5 Å². The minimum Gasteiger partial charge on any atom is -0.497 e. The lowest BCUT2D eigenvalue weighted by molar-refractivity contribution is -0.118. The molecule has 1 aromatic carbocycles. The van der Waals surface area contributed by atoms with E-state index in [0.29, 0.717) is 22.4 Å². The molecule has 3 fully saturated rings. The van der Waals surface area contributed by atoms with Gasteiger partial charge in [0, 0.05) is 17.2 Å². The van der Waals surface area contributed by atoms with Crippen LogP contribution in [0.1, 0.15) is 12.8 Å². The Hall–Kier alpha value is -1.74. The Morgan fingerprint density at radius 3 is 2.65 bits per heavy atom. The van der Waals surface area contributed by atoms with Gasteiger partial charge < -0.3 is 14.4 Å². The molecular formula is C17H20N2O5S2. The maximum atomic E-state index is 12.2. The van der Waals surface area contributed by atoms with Crippen LogP contribution in [-0.2, 0) is 14.6 Å². The fraction of sp³-hybridized carbons (Fsp3) is 0.529. The van der Waals surface area contributed by atoms with Crippen molar-refractivity contribution in [2.45, 2.75) is 24.1 Å². The van der Waals surface area contributed by atoms with E-state index < -0.39 is 9.84 Å². The van der Waals surface area contributed by atoms with Crippen molar-refractivity contribution in [2.24, 2.45) is 10.9 Å². The van der Waals surface area contributed by atoms with Gasteiger partial charge in [-0.3, -0.25) is 4.79 Å². The first-order valence-corrected chi connectivity index (χ1v) is 11.1. The summed E-state index contributed by atoms with van der Waals surface area (Å²) in [4.78, 5) is 18.4. The predicted octanol–water partition coefficient (Wildman–Crippen LogP) is 1.72. The molecule has 3 aliphatic rings. The number of benzene rings is 1. The van der Waals surface area contributed by atoms with E-state index in [1.54, 1.807) is 26.4 Å². The number of nitrogens with zero attached hydrogens (tertiary/aromatic N) is 2. The third kappa shape index (κ3) is 3.18. The molecule has 0 bridgehead atoms.